The maximum atomic E-state index is 13.5. The number of nitrogens with zero attached hydrogens (tertiary/aromatic N) is 2. The molecule has 30 heavy (non-hydrogen) atoms. The summed E-state index contributed by atoms with van der Waals surface area (Å²) in [6.07, 6.45) is -2.22. The Kier molecular flexibility index (Phi) is 3.59. The van der Waals surface area contributed by atoms with Gasteiger partial charge in [0, 0.05) is 26.8 Å². The third-order valence-electron chi connectivity index (χ3n) is 7.96. The Labute approximate surface area is 173 Å². The second kappa shape index (κ2) is 5.41. The van der Waals surface area contributed by atoms with Crippen LogP contribution in [0.25, 0.3) is 0 Å². The van der Waals surface area contributed by atoms with Gasteiger partial charge in [0.05, 0.1) is 24.2 Å². The van der Waals surface area contributed by atoms with Crippen LogP contribution in [0, 0.1) is 5.41 Å². The Balaban J connectivity index is 1.65. The van der Waals surface area contributed by atoms with Gasteiger partial charge in [0.1, 0.15) is 11.6 Å². The number of hydrogen-bond donors (Lipinski definition) is 1. The van der Waals surface area contributed by atoms with E-state index in [9.17, 15) is 24.3 Å². The molecule has 0 aromatic rings. The molecule has 0 radical (unpaired) electrons. The molecule has 5 saturated heterocycles. The summed E-state index contributed by atoms with van der Waals surface area (Å²) in [5.74, 6) is -1.75. The van der Waals surface area contributed by atoms with Crippen molar-refractivity contribution in [2.75, 3.05) is 13.7 Å². The molecule has 1 saturated carbocycles. The first-order valence-corrected chi connectivity index (χ1v) is 10.2. The molecule has 6 fully saturated rings. The van der Waals surface area contributed by atoms with E-state index in [0.29, 0.717) is 0 Å². The van der Waals surface area contributed by atoms with Crippen molar-refractivity contribution in [3.8, 4) is 0 Å². The van der Waals surface area contributed by atoms with Gasteiger partial charge in [0.2, 0.25) is 5.72 Å². The normalized spacial score (nSPS) is 48.5. The van der Waals surface area contributed by atoms with Crippen molar-refractivity contribution in [1.82, 2.24) is 9.80 Å². The summed E-state index contributed by atoms with van der Waals surface area (Å²) in [5.41, 5.74) is -6.00. The summed E-state index contributed by atoms with van der Waals surface area (Å²) in [7, 11) is 1.53. The number of fused-ring (bicyclic) bond motifs is 3. The second-order valence-electron chi connectivity index (χ2n) is 9.81. The molecule has 7 atom stereocenters. The van der Waals surface area contributed by atoms with Gasteiger partial charge in [-0.15, -0.1) is 0 Å². The highest BCUT2D eigenvalue weighted by Gasteiger charge is 2.83. The first-order chi connectivity index (χ1) is 13.8. The van der Waals surface area contributed by atoms with E-state index in [4.69, 9.17) is 14.2 Å². The van der Waals surface area contributed by atoms with Crippen molar-refractivity contribution in [3.05, 3.63) is 0 Å². The number of carbonyl (C=O) groups is 4. The lowest BCUT2D eigenvalue weighted by atomic mass is 9.76. The largest absolute Gasteiger partial charge is 0.456 e. The fourth-order valence-electron chi connectivity index (χ4n) is 6.16. The number of ether oxygens (including phenoxy) is 3. The zero-order valence-electron chi connectivity index (χ0n) is 17.6. The number of amides is 2. The standard InChI is InChI=1S/C20H26N2O8/c1-9-17(3,4)14(25)19(30-9)6-12-18(27,15(19)29-10(2)23)8-20-16(26)21(5)11(7-28-20)13(24)22(12)20/h9,11-12,15,27H,6-8H2,1-5H3. The average Bonchev–Trinajstić information content (AvgIpc) is 3.11. The number of aliphatic hydroxyl groups is 1. The number of ketones is 1. The van der Waals surface area contributed by atoms with Crippen LogP contribution in [0.3, 0.4) is 0 Å². The molecule has 7 unspecified atom stereocenters. The molecule has 2 bridgehead atoms. The quantitative estimate of drug-likeness (QED) is 0.533. The molecular weight excluding hydrogens is 396 g/mol. The minimum Gasteiger partial charge on any atom is -0.456 e. The first-order valence-electron chi connectivity index (χ1n) is 10.2. The molecule has 2 spiro atoms. The SMILES string of the molecule is CC(=O)OC1C2(CC3N4C(=O)C5COC4(CC31O)C(=O)N5C)OC(C)C(C)(C)C2=O. The topological polar surface area (TPSA) is 123 Å². The first kappa shape index (κ1) is 19.9. The van der Waals surface area contributed by atoms with Gasteiger partial charge in [-0.2, -0.15) is 0 Å². The van der Waals surface area contributed by atoms with Crippen LogP contribution in [0.1, 0.15) is 40.5 Å². The average molecular weight is 422 g/mol. The summed E-state index contributed by atoms with van der Waals surface area (Å²) in [4.78, 5) is 54.4. The van der Waals surface area contributed by atoms with Crippen molar-refractivity contribution in [3.63, 3.8) is 0 Å². The predicted octanol–water partition coefficient (Wildman–Crippen LogP) is -1.03. The van der Waals surface area contributed by atoms with Crippen LogP contribution in [-0.4, -0.2) is 93.3 Å². The summed E-state index contributed by atoms with van der Waals surface area (Å²) in [6.45, 7) is 6.46. The fourth-order valence-corrected chi connectivity index (χ4v) is 6.16. The van der Waals surface area contributed by atoms with Gasteiger partial charge in [0.25, 0.3) is 11.8 Å². The zero-order valence-corrected chi connectivity index (χ0v) is 17.6. The lowest BCUT2D eigenvalue weighted by molar-refractivity contribution is -0.238. The van der Waals surface area contributed by atoms with Gasteiger partial charge in [0.15, 0.2) is 17.5 Å². The van der Waals surface area contributed by atoms with Crippen molar-refractivity contribution < 1.29 is 38.5 Å². The molecule has 164 valence electrons. The Morgan fingerprint density at radius 2 is 1.93 bits per heavy atom. The van der Waals surface area contributed by atoms with Gasteiger partial charge in [-0.1, -0.05) is 13.8 Å². The molecule has 0 aromatic carbocycles. The number of Topliss-reactive ketones (excluding diaryl/α,β-unsaturated/α-hetero) is 1. The van der Waals surface area contributed by atoms with Crippen LogP contribution < -0.4 is 0 Å². The third kappa shape index (κ3) is 1.91. The summed E-state index contributed by atoms with van der Waals surface area (Å²) in [6, 6.07) is -1.75. The van der Waals surface area contributed by atoms with E-state index in [2.05, 4.69) is 0 Å². The number of likely N-dealkylation sites (N-methyl/N-ethyl adjacent to an activating group) is 1. The van der Waals surface area contributed by atoms with Crippen LogP contribution >= 0.6 is 0 Å². The van der Waals surface area contributed by atoms with E-state index in [1.807, 2.05) is 0 Å². The molecule has 6 rings (SSSR count). The molecule has 0 aromatic heterocycles. The number of piperazine rings is 1. The Bertz CT molecular complexity index is 903. The minimum absolute atomic E-state index is 0.0310. The van der Waals surface area contributed by atoms with E-state index in [1.54, 1.807) is 20.8 Å². The highest BCUT2D eigenvalue weighted by molar-refractivity contribution is 6.02. The maximum absolute atomic E-state index is 13.5. The monoisotopic (exact) mass is 422 g/mol. The maximum Gasteiger partial charge on any atom is 0.303 e. The van der Waals surface area contributed by atoms with Gasteiger partial charge in [-0.3, -0.25) is 24.1 Å². The molecule has 5 heterocycles. The Hall–Kier alpha value is -2.04. The van der Waals surface area contributed by atoms with Gasteiger partial charge in [-0.25, -0.2) is 0 Å². The molecule has 10 nitrogen and oxygen atoms in total. The molecule has 1 N–H and O–H groups in total. The van der Waals surface area contributed by atoms with Crippen molar-refractivity contribution in [2.24, 2.45) is 5.41 Å². The van der Waals surface area contributed by atoms with E-state index >= 15 is 0 Å². The van der Waals surface area contributed by atoms with Gasteiger partial charge in [-0.05, 0) is 6.92 Å². The van der Waals surface area contributed by atoms with Crippen LogP contribution in [0.2, 0.25) is 0 Å². The number of carbonyl (C=O) groups excluding carboxylic acids is 4. The Morgan fingerprint density at radius 1 is 1.27 bits per heavy atom. The van der Waals surface area contributed by atoms with Crippen LogP contribution in [0.15, 0.2) is 0 Å². The number of hydrogen-bond acceptors (Lipinski definition) is 8. The van der Waals surface area contributed by atoms with Crippen molar-refractivity contribution in [2.45, 2.75) is 81.8 Å². The molecule has 1 aliphatic carbocycles. The van der Waals surface area contributed by atoms with Gasteiger partial charge >= 0.3 is 5.97 Å². The van der Waals surface area contributed by atoms with Crippen LogP contribution in [0.4, 0.5) is 0 Å². The highest BCUT2D eigenvalue weighted by atomic mass is 16.6. The van der Waals surface area contributed by atoms with Crippen LogP contribution in [0.5, 0.6) is 0 Å². The van der Waals surface area contributed by atoms with E-state index in [1.165, 1.54) is 23.8 Å². The highest BCUT2D eigenvalue weighted by Crippen LogP contribution is 2.61. The van der Waals surface area contributed by atoms with Crippen molar-refractivity contribution >= 4 is 23.6 Å². The molecule has 5 aliphatic heterocycles. The Morgan fingerprint density at radius 3 is 2.50 bits per heavy atom. The molecule has 2 amide bonds. The molecular formula is C20H26N2O8. The van der Waals surface area contributed by atoms with Crippen molar-refractivity contribution in [1.29, 1.82) is 0 Å². The lowest BCUT2D eigenvalue weighted by Crippen LogP contribution is -2.76. The zero-order chi connectivity index (χ0) is 22.0. The fraction of sp³-hybridized carbons (Fsp3) is 0.800. The molecule has 10 heteroatoms. The van der Waals surface area contributed by atoms with Gasteiger partial charge < -0.3 is 24.2 Å². The number of esters is 1. The van der Waals surface area contributed by atoms with E-state index < -0.39 is 58.5 Å². The third-order valence-corrected chi connectivity index (χ3v) is 7.96. The number of rotatable bonds is 1. The van der Waals surface area contributed by atoms with Crippen LogP contribution in [-0.2, 0) is 33.4 Å². The minimum atomic E-state index is -1.87. The number of morpholine rings is 1. The smallest absolute Gasteiger partial charge is 0.303 e. The summed E-state index contributed by atoms with van der Waals surface area (Å²) >= 11 is 0. The lowest BCUT2D eigenvalue weighted by Gasteiger charge is -2.53. The predicted molar refractivity (Wildman–Crippen MR) is 97.7 cm³/mol. The summed E-state index contributed by atoms with van der Waals surface area (Å²) < 4.78 is 17.5. The molecule has 6 aliphatic rings. The summed E-state index contributed by atoms with van der Waals surface area (Å²) in [5, 5.41) is 11.9. The van der Waals surface area contributed by atoms with E-state index in [0.717, 1.165) is 0 Å². The second-order valence-corrected chi connectivity index (χ2v) is 9.81. The van der Waals surface area contributed by atoms with E-state index in [-0.39, 0.29) is 31.1 Å².